The van der Waals surface area contributed by atoms with Gasteiger partial charge in [-0.1, -0.05) is 36.4 Å². The number of carbonyl (C=O) groups excluding carboxylic acids is 2. The fourth-order valence-corrected chi connectivity index (χ4v) is 4.75. The molecule has 5 rings (SSSR count). The van der Waals surface area contributed by atoms with Crippen molar-refractivity contribution < 1.29 is 23.5 Å². The summed E-state index contributed by atoms with van der Waals surface area (Å²) in [6.45, 7) is 5.53. The van der Waals surface area contributed by atoms with Crippen LogP contribution in [0.4, 0.5) is 5.69 Å². The van der Waals surface area contributed by atoms with Crippen molar-refractivity contribution in [2.45, 2.75) is 12.3 Å². The SMILES string of the molecule is C=CCN1C(=O)[C@@]2(C(C(=O)OCC)=C(N)Oc3ccccc32)c2c1c1ccccc1oc2=O. The lowest BCUT2D eigenvalue weighted by Crippen LogP contribution is -2.49. The zero-order valence-corrected chi connectivity index (χ0v) is 17.8. The number of amides is 1. The number of benzene rings is 2. The predicted octanol–water partition coefficient (Wildman–Crippen LogP) is 2.74. The number of hydrogen-bond donors (Lipinski definition) is 1. The highest BCUT2D eigenvalue weighted by molar-refractivity contribution is 6.21. The van der Waals surface area contributed by atoms with Crippen LogP contribution in [0.1, 0.15) is 18.1 Å². The van der Waals surface area contributed by atoms with Crippen LogP contribution >= 0.6 is 0 Å². The molecule has 0 saturated heterocycles. The van der Waals surface area contributed by atoms with Crippen molar-refractivity contribution in [1.82, 2.24) is 0 Å². The van der Waals surface area contributed by atoms with Gasteiger partial charge in [-0.3, -0.25) is 4.79 Å². The maximum absolute atomic E-state index is 14.3. The van der Waals surface area contributed by atoms with Gasteiger partial charge in [0.25, 0.3) is 0 Å². The highest BCUT2D eigenvalue weighted by Gasteiger charge is 2.63. The number of carbonyl (C=O) groups is 2. The number of fused-ring (bicyclic) bond motifs is 6. The zero-order valence-electron chi connectivity index (χ0n) is 17.8. The Morgan fingerprint density at radius 1 is 1.18 bits per heavy atom. The molecule has 3 aromatic rings. The number of para-hydroxylation sites is 2. The Bertz CT molecular complexity index is 1440. The van der Waals surface area contributed by atoms with Crippen molar-refractivity contribution >= 4 is 28.5 Å². The van der Waals surface area contributed by atoms with Crippen molar-refractivity contribution in [2.24, 2.45) is 5.73 Å². The minimum absolute atomic E-state index is 0.00481. The zero-order chi connectivity index (χ0) is 23.3. The molecule has 0 bridgehead atoms. The minimum Gasteiger partial charge on any atom is -0.462 e. The first-order valence-corrected chi connectivity index (χ1v) is 10.4. The van der Waals surface area contributed by atoms with Crippen LogP contribution in [0.15, 0.2) is 81.9 Å². The molecule has 1 atom stereocenters. The van der Waals surface area contributed by atoms with Crippen LogP contribution in [0.3, 0.4) is 0 Å². The first-order chi connectivity index (χ1) is 16.0. The monoisotopic (exact) mass is 444 g/mol. The Kier molecular flexibility index (Phi) is 4.59. The van der Waals surface area contributed by atoms with E-state index in [0.29, 0.717) is 22.2 Å². The van der Waals surface area contributed by atoms with Gasteiger partial charge in [0, 0.05) is 17.5 Å². The van der Waals surface area contributed by atoms with Gasteiger partial charge in [-0.05, 0) is 25.1 Å². The third-order valence-electron chi connectivity index (χ3n) is 5.92. The first-order valence-electron chi connectivity index (χ1n) is 10.4. The predicted molar refractivity (Wildman–Crippen MR) is 121 cm³/mol. The van der Waals surface area contributed by atoms with Crippen molar-refractivity contribution in [3.8, 4) is 5.75 Å². The molecule has 0 fully saturated rings. The van der Waals surface area contributed by atoms with E-state index in [4.69, 9.17) is 19.6 Å². The summed E-state index contributed by atoms with van der Waals surface area (Å²) >= 11 is 0. The van der Waals surface area contributed by atoms with E-state index < -0.39 is 22.9 Å². The van der Waals surface area contributed by atoms with Crippen LogP contribution in [0.2, 0.25) is 0 Å². The summed E-state index contributed by atoms with van der Waals surface area (Å²) in [5.41, 5.74) is 4.28. The maximum Gasteiger partial charge on any atom is 0.343 e. The van der Waals surface area contributed by atoms with Crippen molar-refractivity contribution in [2.75, 3.05) is 18.1 Å². The Labute approximate surface area is 188 Å². The molecule has 1 spiro atoms. The molecule has 3 heterocycles. The lowest BCUT2D eigenvalue weighted by molar-refractivity contribution is -0.140. The summed E-state index contributed by atoms with van der Waals surface area (Å²) in [6.07, 6.45) is 1.55. The van der Waals surface area contributed by atoms with Gasteiger partial charge in [-0.25, -0.2) is 9.59 Å². The maximum atomic E-state index is 14.3. The molecule has 0 unspecified atom stereocenters. The number of nitrogens with two attached hydrogens (primary N) is 1. The average Bonchev–Trinajstić information content (AvgIpc) is 3.04. The molecule has 166 valence electrons. The molecule has 2 aromatic carbocycles. The second-order valence-electron chi connectivity index (χ2n) is 7.62. The summed E-state index contributed by atoms with van der Waals surface area (Å²) in [5, 5.41) is 0.546. The minimum atomic E-state index is -1.89. The Morgan fingerprint density at radius 2 is 1.91 bits per heavy atom. The largest absolute Gasteiger partial charge is 0.462 e. The summed E-state index contributed by atoms with van der Waals surface area (Å²) in [4.78, 5) is 42.4. The van der Waals surface area contributed by atoms with E-state index in [2.05, 4.69) is 6.58 Å². The van der Waals surface area contributed by atoms with Crippen LogP contribution < -0.4 is 21.0 Å². The van der Waals surface area contributed by atoms with Gasteiger partial charge >= 0.3 is 11.6 Å². The molecular formula is C25H20N2O6. The Balaban J connectivity index is 2.00. The fourth-order valence-electron chi connectivity index (χ4n) is 4.75. The molecular weight excluding hydrogens is 424 g/mol. The lowest BCUT2D eigenvalue weighted by Gasteiger charge is -2.35. The molecule has 8 nitrogen and oxygen atoms in total. The van der Waals surface area contributed by atoms with Crippen LogP contribution in [-0.4, -0.2) is 25.0 Å². The van der Waals surface area contributed by atoms with Gasteiger partial charge in [-0.2, -0.15) is 0 Å². The summed E-state index contributed by atoms with van der Waals surface area (Å²) in [6, 6.07) is 13.6. The molecule has 2 N–H and O–H groups in total. The Hall–Kier alpha value is -4.33. The van der Waals surface area contributed by atoms with E-state index in [0.717, 1.165) is 0 Å². The van der Waals surface area contributed by atoms with Gasteiger partial charge in [0.2, 0.25) is 11.8 Å². The van der Waals surface area contributed by atoms with E-state index >= 15 is 0 Å². The quantitative estimate of drug-likeness (QED) is 0.374. The van der Waals surface area contributed by atoms with Gasteiger partial charge < -0.3 is 24.5 Å². The summed E-state index contributed by atoms with van der Waals surface area (Å²) < 4.78 is 16.6. The third kappa shape index (κ3) is 2.60. The standard InChI is InChI=1S/C25H20N2O6/c1-3-13-27-20-14-9-5-7-11-16(14)33-23(29)18(20)25(24(27)30)15-10-6-8-12-17(15)32-21(26)19(25)22(28)31-4-2/h3,5-12H,1,4,13,26H2,2H3/t25-/m1/s1. The highest BCUT2D eigenvalue weighted by Crippen LogP contribution is 2.55. The normalized spacial score (nSPS) is 18.8. The molecule has 0 aliphatic carbocycles. The van der Waals surface area contributed by atoms with E-state index in [1.165, 1.54) is 4.90 Å². The van der Waals surface area contributed by atoms with Crippen LogP contribution in [-0.2, 0) is 19.7 Å². The first kappa shape index (κ1) is 20.6. The summed E-state index contributed by atoms with van der Waals surface area (Å²) in [5.74, 6) is -1.44. The topological polar surface area (TPSA) is 112 Å². The number of ether oxygens (including phenoxy) is 2. The molecule has 33 heavy (non-hydrogen) atoms. The van der Waals surface area contributed by atoms with Crippen LogP contribution in [0, 0.1) is 0 Å². The Morgan fingerprint density at radius 3 is 2.67 bits per heavy atom. The van der Waals surface area contributed by atoms with E-state index in [1.807, 2.05) is 0 Å². The van der Waals surface area contributed by atoms with Crippen molar-refractivity contribution in [3.63, 3.8) is 0 Å². The number of nitrogens with zero attached hydrogens (tertiary/aromatic N) is 1. The number of anilines is 1. The molecule has 1 aromatic heterocycles. The number of esters is 1. The van der Waals surface area contributed by atoms with Gasteiger partial charge in [0.05, 0.1) is 17.9 Å². The molecule has 8 heteroatoms. The van der Waals surface area contributed by atoms with Crippen molar-refractivity contribution in [3.05, 3.63) is 94.2 Å². The molecule has 0 saturated carbocycles. The van der Waals surface area contributed by atoms with Gasteiger partial charge in [0.15, 0.2) is 0 Å². The molecule has 0 radical (unpaired) electrons. The molecule has 1 amide bonds. The van der Waals surface area contributed by atoms with Crippen molar-refractivity contribution in [1.29, 1.82) is 0 Å². The van der Waals surface area contributed by atoms with Gasteiger partial charge in [0.1, 0.15) is 22.3 Å². The van der Waals surface area contributed by atoms with E-state index in [-0.39, 0.29) is 35.9 Å². The second kappa shape index (κ2) is 7.37. The molecule has 2 aliphatic heterocycles. The van der Waals surface area contributed by atoms with Gasteiger partial charge in [-0.15, -0.1) is 6.58 Å². The lowest BCUT2D eigenvalue weighted by atomic mass is 9.68. The van der Waals surface area contributed by atoms with Crippen LogP contribution in [0.25, 0.3) is 11.0 Å². The van der Waals surface area contributed by atoms with E-state index in [9.17, 15) is 14.4 Å². The number of hydrogen-bond acceptors (Lipinski definition) is 7. The number of rotatable bonds is 4. The fraction of sp³-hybridized carbons (Fsp3) is 0.160. The third-order valence-corrected chi connectivity index (χ3v) is 5.92. The van der Waals surface area contributed by atoms with Crippen LogP contribution in [0.5, 0.6) is 5.75 Å². The second-order valence-corrected chi connectivity index (χ2v) is 7.62. The summed E-state index contributed by atoms with van der Waals surface area (Å²) in [7, 11) is 0. The average molecular weight is 444 g/mol. The smallest absolute Gasteiger partial charge is 0.343 e. The van der Waals surface area contributed by atoms with E-state index in [1.54, 1.807) is 61.5 Å². The molecule has 2 aliphatic rings. The highest BCUT2D eigenvalue weighted by atomic mass is 16.5.